The lowest BCUT2D eigenvalue weighted by Gasteiger charge is -2.34. The molecule has 0 unspecified atom stereocenters. The zero-order chi connectivity index (χ0) is 17.8. The first-order valence-corrected chi connectivity index (χ1v) is 8.84. The zero-order valence-electron chi connectivity index (χ0n) is 15.2. The predicted molar refractivity (Wildman–Crippen MR) is 101 cm³/mol. The van der Waals surface area contributed by atoms with Crippen LogP contribution in [0.25, 0.3) is 0 Å². The van der Waals surface area contributed by atoms with Gasteiger partial charge < -0.3 is 15.0 Å². The van der Waals surface area contributed by atoms with Crippen molar-refractivity contribution >= 4 is 11.6 Å². The number of hydrogen-bond acceptors (Lipinski definition) is 3. The number of rotatable bonds is 4. The summed E-state index contributed by atoms with van der Waals surface area (Å²) in [5.74, 6) is 0.790. The summed E-state index contributed by atoms with van der Waals surface area (Å²) in [4.78, 5) is 14.7. The molecule has 4 heteroatoms. The molecule has 3 rings (SSSR count). The van der Waals surface area contributed by atoms with E-state index in [0.29, 0.717) is 11.3 Å². The van der Waals surface area contributed by atoms with Gasteiger partial charge in [0.05, 0.1) is 7.11 Å². The van der Waals surface area contributed by atoms with Crippen LogP contribution in [0.3, 0.4) is 0 Å². The molecule has 2 aromatic rings. The number of nitrogens with one attached hydrogen (secondary N) is 1. The van der Waals surface area contributed by atoms with Crippen LogP contribution in [0.1, 0.15) is 34.3 Å². The number of hydrogen-bond donors (Lipinski definition) is 1. The molecule has 0 radical (unpaired) electrons. The average molecular weight is 338 g/mol. The standard InChI is InChI=1S/C21H26N2O2/c1-15-9-10-18(12-16(15)2)22-19-7-5-11-23(14-19)21(24)17-6-4-8-20(13-17)25-3/h4,6,8-10,12-13,19,22H,5,7,11,14H2,1-3H3/t19-/m0/s1. The van der Waals surface area contributed by atoms with Gasteiger partial charge in [-0.15, -0.1) is 0 Å². The summed E-state index contributed by atoms with van der Waals surface area (Å²) in [7, 11) is 1.62. The molecule has 4 nitrogen and oxygen atoms in total. The number of amides is 1. The smallest absolute Gasteiger partial charge is 0.254 e. The van der Waals surface area contributed by atoms with Gasteiger partial charge in [-0.25, -0.2) is 0 Å². The van der Waals surface area contributed by atoms with Crippen molar-refractivity contribution in [3.8, 4) is 5.75 Å². The second kappa shape index (κ2) is 7.60. The van der Waals surface area contributed by atoms with E-state index in [9.17, 15) is 4.79 Å². The molecule has 0 aromatic heterocycles. The van der Waals surface area contributed by atoms with Gasteiger partial charge in [-0.3, -0.25) is 4.79 Å². The fraction of sp³-hybridized carbons (Fsp3) is 0.381. The van der Waals surface area contributed by atoms with Gasteiger partial charge in [0.15, 0.2) is 0 Å². The highest BCUT2D eigenvalue weighted by molar-refractivity contribution is 5.94. The average Bonchev–Trinajstić information content (AvgIpc) is 2.64. The first-order chi connectivity index (χ1) is 12.1. The Morgan fingerprint density at radius 3 is 2.76 bits per heavy atom. The van der Waals surface area contributed by atoms with Gasteiger partial charge in [0.25, 0.3) is 5.91 Å². The first-order valence-electron chi connectivity index (χ1n) is 8.84. The fourth-order valence-corrected chi connectivity index (χ4v) is 3.29. The van der Waals surface area contributed by atoms with E-state index in [1.165, 1.54) is 11.1 Å². The van der Waals surface area contributed by atoms with E-state index in [-0.39, 0.29) is 11.9 Å². The van der Waals surface area contributed by atoms with Crippen LogP contribution in [-0.4, -0.2) is 37.0 Å². The van der Waals surface area contributed by atoms with E-state index < -0.39 is 0 Å². The Balaban J connectivity index is 1.67. The fourth-order valence-electron chi connectivity index (χ4n) is 3.29. The molecule has 0 spiro atoms. The Kier molecular flexibility index (Phi) is 5.27. The Bertz CT molecular complexity index is 757. The first kappa shape index (κ1) is 17.3. The van der Waals surface area contributed by atoms with Crippen LogP contribution in [0.15, 0.2) is 42.5 Å². The second-order valence-electron chi connectivity index (χ2n) is 6.77. The zero-order valence-corrected chi connectivity index (χ0v) is 15.2. The highest BCUT2D eigenvalue weighted by Gasteiger charge is 2.24. The predicted octanol–water partition coefficient (Wildman–Crippen LogP) is 4.03. The molecule has 1 N–H and O–H groups in total. The van der Waals surface area contributed by atoms with E-state index in [4.69, 9.17) is 4.74 Å². The largest absolute Gasteiger partial charge is 0.497 e. The molecule has 0 saturated carbocycles. The summed E-state index contributed by atoms with van der Waals surface area (Å²) in [6.45, 7) is 5.78. The molecular weight excluding hydrogens is 312 g/mol. The number of anilines is 1. The van der Waals surface area contributed by atoms with Crippen molar-refractivity contribution < 1.29 is 9.53 Å². The van der Waals surface area contributed by atoms with Gasteiger partial charge in [0.2, 0.25) is 0 Å². The SMILES string of the molecule is COc1cccc(C(=O)N2CCC[C@H](Nc3ccc(C)c(C)c3)C2)c1. The minimum atomic E-state index is 0.0745. The number of benzene rings is 2. The summed E-state index contributed by atoms with van der Waals surface area (Å²) < 4.78 is 5.23. The van der Waals surface area contributed by atoms with Crippen LogP contribution < -0.4 is 10.1 Å². The van der Waals surface area contributed by atoms with Crippen molar-refractivity contribution in [3.05, 3.63) is 59.2 Å². The molecule has 1 fully saturated rings. The topological polar surface area (TPSA) is 41.6 Å². The minimum absolute atomic E-state index is 0.0745. The molecule has 0 bridgehead atoms. The van der Waals surface area contributed by atoms with Gasteiger partial charge in [-0.2, -0.15) is 0 Å². The highest BCUT2D eigenvalue weighted by Crippen LogP contribution is 2.21. The van der Waals surface area contributed by atoms with Crippen LogP contribution >= 0.6 is 0 Å². The molecule has 1 atom stereocenters. The lowest BCUT2D eigenvalue weighted by atomic mass is 10.0. The Hall–Kier alpha value is -2.49. The summed E-state index contributed by atoms with van der Waals surface area (Å²) in [6, 6.07) is 14.1. The van der Waals surface area contributed by atoms with Gasteiger partial charge in [0, 0.05) is 30.4 Å². The van der Waals surface area contributed by atoms with Gasteiger partial charge >= 0.3 is 0 Å². The third-order valence-electron chi connectivity index (χ3n) is 4.90. The van der Waals surface area contributed by atoms with Crippen molar-refractivity contribution in [2.24, 2.45) is 0 Å². The third-order valence-corrected chi connectivity index (χ3v) is 4.90. The molecule has 132 valence electrons. The third kappa shape index (κ3) is 4.13. The van der Waals surface area contributed by atoms with Gasteiger partial charge in [-0.1, -0.05) is 12.1 Å². The number of carbonyl (C=O) groups excluding carboxylic acids is 1. The molecule has 1 saturated heterocycles. The number of nitrogens with zero attached hydrogens (tertiary/aromatic N) is 1. The summed E-state index contributed by atoms with van der Waals surface area (Å²) in [5.41, 5.74) is 4.39. The van der Waals surface area contributed by atoms with E-state index >= 15 is 0 Å². The van der Waals surface area contributed by atoms with Crippen LogP contribution in [0.4, 0.5) is 5.69 Å². The Morgan fingerprint density at radius 2 is 2.00 bits per heavy atom. The van der Waals surface area contributed by atoms with Gasteiger partial charge in [0.1, 0.15) is 5.75 Å². The van der Waals surface area contributed by atoms with Crippen molar-refractivity contribution in [1.82, 2.24) is 4.90 Å². The molecule has 1 aliphatic heterocycles. The summed E-state index contributed by atoms with van der Waals surface area (Å²) >= 11 is 0. The quantitative estimate of drug-likeness (QED) is 0.915. The van der Waals surface area contributed by atoms with E-state index in [1.54, 1.807) is 7.11 Å². The molecule has 1 aliphatic rings. The lowest BCUT2D eigenvalue weighted by molar-refractivity contribution is 0.0714. The van der Waals surface area contributed by atoms with Crippen LogP contribution in [0, 0.1) is 13.8 Å². The van der Waals surface area contributed by atoms with Crippen molar-refractivity contribution in [2.45, 2.75) is 32.7 Å². The number of methoxy groups -OCH3 is 1. The molecule has 25 heavy (non-hydrogen) atoms. The van der Waals surface area contributed by atoms with Crippen molar-refractivity contribution in [2.75, 3.05) is 25.5 Å². The highest BCUT2D eigenvalue weighted by atomic mass is 16.5. The van der Waals surface area contributed by atoms with E-state index in [1.807, 2.05) is 29.2 Å². The Morgan fingerprint density at radius 1 is 1.16 bits per heavy atom. The molecule has 2 aromatic carbocycles. The van der Waals surface area contributed by atoms with Crippen molar-refractivity contribution in [3.63, 3.8) is 0 Å². The minimum Gasteiger partial charge on any atom is -0.497 e. The van der Waals surface area contributed by atoms with Crippen molar-refractivity contribution in [1.29, 1.82) is 0 Å². The maximum atomic E-state index is 12.8. The number of piperidine rings is 1. The number of likely N-dealkylation sites (tertiary alicyclic amines) is 1. The maximum Gasteiger partial charge on any atom is 0.254 e. The van der Waals surface area contributed by atoms with Gasteiger partial charge in [-0.05, 0) is 68.1 Å². The van der Waals surface area contributed by atoms with Crippen LogP contribution in [-0.2, 0) is 0 Å². The number of ether oxygens (including phenoxy) is 1. The molecule has 1 heterocycles. The molecule has 1 amide bonds. The Labute approximate surface area is 149 Å². The maximum absolute atomic E-state index is 12.8. The van der Waals surface area contributed by atoms with Crippen LogP contribution in [0.5, 0.6) is 5.75 Å². The van der Waals surface area contributed by atoms with E-state index in [0.717, 1.165) is 31.6 Å². The molecular formula is C21H26N2O2. The summed E-state index contributed by atoms with van der Waals surface area (Å²) in [5, 5.41) is 3.59. The number of carbonyl (C=O) groups is 1. The monoisotopic (exact) mass is 338 g/mol. The van der Waals surface area contributed by atoms with E-state index in [2.05, 4.69) is 37.4 Å². The summed E-state index contributed by atoms with van der Waals surface area (Å²) in [6.07, 6.45) is 2.09. The molecule has 0 aliphatic carbocycles. The second-order valence-corrected chi connectivity index (χ2v) is 6.77. The lowest BCUT2D eigenvalue weighted by Crippen LogP contribution is -2.45. The van der Waals surface area contributed by atoms with Crippen LogP contribution in [0.2, 0.25) is 0 Å². The normalized spacial score (nSPS) is 17.2. The number of aryl methyl sites for hydroxylation is 2.